The first-order chi connectivity index (χ1) is 7.28. The number of hydrogen-bond donors (Lipinski definition) is 1. The fourth-order valence-corrected chi connectivity index (χ4v) is 2.81. The van der Waals surface area contributed by atoms with Crippen LogP contribution in [0, 0.1) is 11.3 Å². The fraction of sp³-hybridized carbons (Fsp3) is 0.917. The Morgan fingerprint density at radius 1 is 1.60 bits per heavy atom. The van der Waals surface area contributed by atoms with Crippen LogP contribution in [0.25, 0.3) is 0 Å². The highest BCUT2D eigenvalue weighted by Crippen LogP contribution is 2.35. The summed E-state index contributed by atoms with van der Waals surface area (Å²) in [5, 5.41) is 3.32. The second-order valence-corrected chi connectivity index (χ2v) is 4.84. The molecule has 86 valence electrons. The quantitative estimate of drug-likeness (QED) is 0.766. The van der Waals surface area contributed by atoms with Gasteiger partial charge in [-0.25, -0.2) is 0 Å². The Balaban J connectivity index is 2.03. The lowest BCUT2D eigenvalue weighted by Crippen LogP contribution is -2.40. The first kappa shape index (κ1) is 11.1. The molecule has 2 saturated heterocycles. The van der Waals surface area contributed by atoms with Crippen molar-refractivity contribution < 1.29 is 9.53 Å². The van der Waals surface area contributed by atoms with E-state index in [-0.39, 0.29) is 11.3 Å². The van der Waals surface area contributed by atoms with Gasteiger partial charge in [0.15, 0.2) is 0 Å². The molecule has 2 aliphatic rings. The molecule has 15 heavy (non-hydrogen) atoms. The molecule has 0 aliphatic carbocycles. The summed E-state index contributed by atoms with van der Waals surface area (Å²) in [7, 11) is 0. The van der Waals surface area contributed by atoms with E-state index in [4.69, 9.17) is 4.74 Å². The molecule has 2 rings (SSSR count). The minimum atomic E-state index is -0.0780. The maximum absolute atomic E-state index is 12.4. The minimum Gasteiger partial charge on any atom is -0.381 e. The zero-order valence-electron chi connectivity index (χ0n) is 9.55. The molecular weight excluding hydrogens is 190 g/mol. The van der Waals surface area contributed by atoms with Crippen molar-refractivity contribution in [1.29, 1.82) is 0 Å². The van der Waals surface area contributed by atoms with Gasteiger partial charge < -0.3 is 10.1 Å². The van der Waals surface area contributed by atoms with Crippen LogP contribution in [-0.2, 0) is 9.53 Å². The molecule has 1 N–H and O–H groups in total. The maximum Gasteiger partial charge on any atom is 0.145 e. The molecule has 2 fully saturated rings. The van der Waals surface area contributed by atoms with Gasteiger partial charge in [0, 0.05) is 24.5 Å². The molecule has 0 radical (unpaired) electrons. The van der Waals surface area contributed by atoms with Gasteiger partial charge in [0.25, 0.3) is 0 Å². The molecule has 0 amide bonds. The lowest BCUT2D eigenvalue weighted by molar-refractivity contribution is -0.136. The van der Waals surface area contributed by atoms with Crippen molar-refractivity contribution in [3.8, 4) is 0 Å². The third-order valence-corrected chi connectivity index (χ3v) is 3.97. The third kappa shape index (κ3) is 2.08. The van der Waals surface area contributed by atoms with Crippen LogP contribution in [0.15, 0.2) is 0 Å². The van der Waals surface area contributed by atoms with Crippen LogP contribution in [0.3, 0.4) is 0 Å². The normalized spacial score (nSPS) is 36.7. The van der Waals surface area contributed by atoms with E-state index < -0.39 is 0 Å². The number of carbonyl (C=O) groups excluding carboxylic acids is 1. The van der Waals surface area contributed by atoms with E-state index in [1.807, 2.05) is 0 Å². The summed E-state index contributed by atoms with van der Waals surface area (Å²) in [5.74, 6) is 0.619. The number of nitrogens with one attached hydrogen (secondary N) is 1. The molecule has 0 saturated carbocycles. The molecule has 0 aromatic heterocycles. The van der Waals surface area contributed by atoms with Crippen molar-refractivity contribution in [2.24, 2.45) is 11.3 Å². The van der Waals surface area contributed by atoms with Gasteiger partial charge >= 0.3 is 0 Å². The van der Waals surface area contributed by atoms with Gasteiger partial charge in [0.1, 0.15) is 5.78 Å². The molecule has 2 atom stereocenters. The molecule has 0 aromatic rings. The molecule has 2 aliphatic heterocycles. The van der Waals surface area contributed by atoms with Crippen LogP contribution in [0.4, 0.5) is 0 Å². The van der Waals surface area contributed by atoms with E-state index in [2.05, 4.69) is 12.2 Å². The standard InChI is InChI=1S/C12H21NO2/c1-2-12(5-6-13-9-12)11(14)10-4-3-7-15-8-10/h10,13H,2-9H2,1H3. The first-order valence-electron chi connectivity index (χ1n) is 6.11. The Kier molecular flexibility index (Phi) is 3.42. The smallest absolute Gasteiger partial charge is 0.145 e. The summed E-state index contributed by atoms with van der Waals surface area (Å²) in [6.07, 6.45) is 4.05. The van der Waals surface area contributed by atoms with Crippen molar-refractivity contribution in [3.05, 3.63) is 0 Å². The molecule has 2 heterocycles. The predicted octanol–water partition coefficient (Wildman–Crippen LogP) is 1.37. The van der Waals surface area contributed by atoms with E-state index in [9.17, 15) is 4.79 Å². The van der Waals surface area contributed by atoms with E-state index >= 15 is 0 Å². The molecule has 3 nitrogen and oxygen atoms in total. The highest BCUT2D eigenvalue weighted by atomic mass is 16.5. The number of ether oxygens (including phenoxy) is 1. The lowest BCUT2D eigenvalue weighted by atomic mass is 9.74. The maximum atomic E-state index is 12.4. The van der Waals surface area contributed by atoms with Crippen molar-refractivity contribution in [3.63, 3.8) is 0 Å². The average molecular weight is 211 g/mol. The minimum absolute atomic E-state index is 0.0780. The van der Waals surface area contributed by atoms with Gasteiger partial charge in [0.2, 0.25) is 0 Å². The van der Waals surface area contributed by atoms with Gasteiger partial charge in [-0.15, -0.1) is 0 Å². The molecule has 2 unspecified atom stereocenters. The van der Waals surface area contributed by atoms with Crippen molar-refractivity contribution >= 4 is 5.78 Å². The van der Waals surface area contributed by atoms with Crippen LogP contribution < -0.4 is 5.32 Å². The van der Waals surface area contributed by atoms with Gasteiger partial charge in [-0.1, -0.05) is 6.92 Å². The third-order valence-electron chi connectivity index (χ3n) is 3.97. The van der Waals surface area contributed by atoms with Crippen LogP contribution in [0.5, 0.6) is 0 Å². The van der Waals surface area contributed by atoms with Crippen LogP contribution in [0.1, 0.15) is 32.6 Å². The lowest BCUT2D eigenvalue weighted by Gasteiger charge is -2.31. The van der Waals surface area contributed by atoms with E-state index in [1.165, 1.54) is 0 Å². The SMILES string of the molecule is CCC1(C(=O)C2CCCOC2)CCNC1. The Hall–Kier alpha value is -0.410. The second-order valence-electron chi connectivity index (χ2n) is 4.84. The summed E-state index contributed by atoms with van der Waals surface area (Å²) in [6, 6.07) is 0. The molecule has 0 aromatic carbocycles. The first-order valence-corrected chi connectivity index (χ1v) is 6.11. The zero-order valence-corrected chi connectivity index (χ0v) is 9.55. The van der Waals surface area contributed by atoms with Gasteiger partial charge in [-0.2, -0.15) is 0 Å². The molecule has 3 heteroatoms. The van der Waals surface area contributed by atoms with Crippen molar-refractivity contribution in [2.45, 2.75) is 32.6 Å². The van der Waals surface area contributed by atoms with Crippen LogP contribution >= 0.6 is 0 Å². The summed E-state index contributed by atoms with van der Waals surface area (Å²) in [4.78, 5) is 12.4. The second kappa shape index (κ2) is 4.62. The summed E-state index contributed by atoms with van der Waals surface area (Å²) in [6.45, 7) is 5.49. The number of Topliss-reactive ketones (excluding diaryl/α,β-unsaturated/α-hetero) is 1. The van der Waals surface area contributed by atoms with Gasteiger partial charge in [-0.3, -0.25) is 4.79 Å². The van der Waals surface area contributed by atoms with E-state index in [1.54, 1.807) is 0 Å². The van der Waals surface area contributed by atoms with Gasteiger partial charge in [0.05, 0.1) is 6.61 Å². The van der Waals surface area contributed by atoms with Crippen molar-refractivity contribution in [1.82, 2.24) is 5.32 Å². The number of carbonyl (C=O) groups is 1. The number of rotatable bonds is 3. The molecule has 0 spiro atoms. The average Bonchev–Trinajstić information content (AvgIpc) is 2.79. The fourth-order valence-electron chi connectivity index (χ4n) is 2.81. The van der Waals surface area contributed by atoms with Crippen LogP contribution in [0.2, 0.25) is 0 Å². The monoisotopic (exact) mass is 211 g/mol. The van der Waals surface area contributed by atoms with E-state index in [0.29, 0.717) is 12.4 Å². The van der Waals surface area contributed by atoms with Gasteiger partial charge in [-0.05, 0) is 32.2 Å². The highest BCUT2D eigenvalue weighted by molar-refractivity contribution is 5.87. The summed E-state index contributed by atoms with van der Waals surface area (Å²) < 4.78 is 5.41. The number of ketones is 1. The van der Waals surface area contributed by atoms with E-state index in [0.717, 1.165) is 45.4 Å². The molecule has 0 bridgehead atoms. The summed E-state index contributed by atoms with van der Waals surface area (Å²) in [5.41, 5.74) is -0.0780. The largest absolute Gasteiger partial charge is 0.381 e. The predicted molar refractivity (Wildman–Crippen MR) is 58.8 cm³/mol. The number of hydrogen-bond acceptors (Lipinski definition) is 3. The summed E-state index contributed by atoms with van der Waals surface area (Å²) >= 11 is 0. The Labute approximate surface area is 91.6 Å². The Bertz CT molecular complexity index is 228. The Morgan fingerprint density at radius 3 is 3.00 bits per heavy atom. The zero-order chi connectivity index (χ0) is 10.7. The van der Waals surface area contributed by atoms with Crippen LogP contribution in [-0.4, -0.2) is 32.1 Å². The van der Waals surface area contributed by atoms with Crippen molar-refractivity contribution in [2.75, 3.05) is 26.3 Å². The highest BCUT2D eigenvalue weighted by Gasteiger charge is 2.42. The topological polar surface area (TPSA) is 38.3 Å². The Morgan fingerprint density at radius 2 is 2.47 bits per heavy atom. The molecular formula is C12H21NO2.